The van der Waals surface area contributed by atoms with E-state index in [4.69, 9.17) is 0 Å². The summed E-state index contributed by atoms with van der Waals surface area (Å²) in [5.74, 6) is 0. The first-order valence-electron chi connectivity index (χ1n) is 5.84. The maximum Gasteiger partial charge on any atom is 0.0701 e. The van der Waals surface area contributed by atoms with Crippen molar-refractivity contribution in [3.8, 4) is 0 Å². The van der Waals surface area contributed by atoms with Gasteiger partial charge >= 0.3 is 0 Å². The van der Waals surface area contributed by atoms with Crippen molar-refractivity contribution in [2.75, 3.05) is 0 Å². The molecule has 0 saturated heterocycles. The van der Waals surface area contributed by atoms with Crippen molar-refractivity contribution >= 4 is 27.3 Å². The quantitative estimate of drug-likeness (QED) is 0.896. The Bertz CT molecular complexity index is 342. The third kappa shape index (κ3) is 3.29. The Balaban J connectivity index is 1.89. The Morgan fingerprint density at radius 2 is 2.31 bits per heavy atom. The standard InChI is InChI=1S/C12H18BrNOS/c1-8(11-5-6-12(13)16-11)14-9-3-2-4-10(15)7-9/h5-6,8-10,14-15H,2-4,7H2,1H3. The maximum atomic E-state index is 9.62. The highest BCUT2D eigenvalue weighted by Gasteiger charge is 2.21. The number of rotatable bonds is 3. The average molecular weight is 304 g/mol. The molecule has 2 nitrogen and oxygen atoms in total. The number of hydrogen-bond acceptors (Lipinski definition) is 3. The van der Waals surface area contributed by atoms with Crippen molar-refractivity contribution < 1.29 is 5.11 Å². The first-order valence-corrected chi connectivity index (χ1v) is 7.45. The van der Waals surface area contributed by atoms with E-state index in [2.05, 4.69) is 40.3 Å². The van der Waals surface area contributed by atoms with Crippen LogP contribution in [0.4, 0.5) is 0 Å². The zero-order valence-electron chi connectivity index (χ0n) is 9.45. The molecule has 1 saturated carbocycles. The molecular formula is C12H18BrNOS. The second-order valence-electron chi connectivity index (χ2n) is 4.55. The van der Waals surface area contributed by atoms with E-state index >= 15 is 0 Å². The average Bonchev–Trinajstić information content (AvgIpc) is 2.65. The summed E-state index contributed by atoms with van der Waals surface area (Å²) in [6, 6.07) is 5.10. The molecule has 4 heteroatoms. The molecule has 3 unspecified atom stereocenters. The molecule has 1 aliphatic rings. The van der Waals surface area contributed by atoms with Crippen LogP contribution in [0.5, 0.6) is 0 Å². The number of aliphatic hydroxyl groups excluding tert-OH is 1. The molecule has 0 spiro atoms. The molecule has 1 heterocycles. The van der Waals surface area contributed by atoms with Gasteiger partial charge in [-0.15, -0.1) is 11.3 Å². The summed E-state index contributed by atoms with van der Waals surface area (Å²) in [5.41, 5.74) is 0. The van der Waals surface area contributed by atoms with Gasteiger partial charge < -0.3 is 10.4 Å². The number of nitrogens with one attached hydrogen (secondary N) is 1. The molecule has 0 aliphatic heterocycles. The van der Waals surface area contributed by atoms with E-state index in [1.54, 1.807) is 11.3 Å². The van der Waals surface area contributed by atoms with E-state index in [1.807, 2.05) is 0 Å². The molecule has 1 aliphatic carbocycles. The molecule has 0 aromatic carbocycles. The molecular weight excluding hydrogens is 286 g/mol. The van der Waals surface area contributed by atoms with Crippen molar-refractivity contribution in [3.63, 3.8) is 0 Å². The van der Waals surface area contributed by atoms with Crippen LogP contribution >= 0.6 is 27.3 Å². The smallest absolute Gasteiger partial charge is 0.0701 e. The van der Waals surface area contributed by atoms with Gasteiger partial charge in [-0.25, -0.2) is 0 Å². The minimum atomic E-state index is -0.103. The predicted octanol–water partition coefficient (Wildman–Crippen LogP) is 3.46. The monoisotopic (exact) mass is 303 g/mol. The fourth-order valence-corrected chi connectivity index (χ4v) is 3.75. The highest BCUT2D eigenvalue weighted by atomic mass is 79.9. The molecule has 1 aromatic rings. The van der Waals surface area contributed by atoms with Gasteiger partial charge in [0, 0.05) is 17.0 Å². The molecule has 2 N–H and O–H groups in total. The highest BCUT2D eigenvalue weighted by molar-refractivity contribution is 9.11. The Kier molecular flexibility index (Phi) is 4.41. The summed E-state index contributed by atoms with van der Waals surface area (Å²) in [4.78, 5) is 1.35. The van der Waals surface area contributed by atoms with E-state index in [0.29, 0.717) is 12.1 Å². The summed E-state index contributed by atoms with van der Waals surface area (Å²) in [6.45, 7) is 2.19. The van der Waals surface area contributed by atoms with Gasteiger partial charge in [0.2, 0.25) is 0 Å². The summed E-state index contributed by atoms with van der Waals surface area (Å²) < 4.78 is 1.18. The summed E-state index contributed by atoms with van der Waals surface area (Å²) in [5, 5.41) is 13.2. The number of hydrogen-bond donors (Lipinski definition) is 2. The first kappa shape index (κ1) is 12.6. The van der Waals surface area contributed by atoms with Crippen LogP contribution in [-0.2, 0) is 0 Å². The van der Waals surface area contributed by atoms with Gasteiger partial charge in [-0.05, 0) is 60.7 Å². The van der Waals surface area contributed by atoms with Crippen LogP contribution in [0.3, 0.4) is 0 Å². The van der Waals surface area contributed by atoms with Crippen LogP contribution in [0.25, 0.3) is 0 Å². The second kappa shape index (κ2) is 5.63. The molecule has 16 heavy (non-hydrogen) atoms. The maximum absolute atomic E-state index is 9.62. The van der Waals surface area contributed by atoms with Crippen molar-refractivity contribution in [2.45, 2.75) is 50.8 Å². The molecule has 0 bridgehead atoms. The predicted molar refractivity (Wildman–Crippen MR) is 71.8 cm³/mol. The van der Waals surface area contributed by atoms with Crippen molar-refractivity contribution in [1.82, 2.24) is 5.32 Å². The summed E-state index contributed by atoms with van der Waals surface area (Å²) >= 11 is 5.26. The Morgan fingerprint density at radius 3 is 2.94 bits per heavy atom. The topological polar surface area (TPSA) is 32.3 Å². The second-order valence-corrected chi connectivity index (χ2v) is 7.04. The lowest BCUT2D eigenvalue weighted by Crippen LogP contribution is -2.37. The number of halogens is 1. The SMILES string of the molecule is CC(NC1CCCC(O)C1)c1ccc(Br)s1. The van der Waals surface area contributed by atoms with E-state index < -0.39 is 0 Å². The molecule has 90 valence electrons. The van der Waals surface area contributed by atoms with E-state index in [-0.39, 0.29) is 6.10 Å². The third-order valence-electron chi connectivity index (χ3n) is 3.15. The molecule has 0 radical (unpaired) electrons. The lowest BCUT2D eigenvalue weighted by molar-refractivity contribution is 0.109. The van der Waals surface area contributed by atoms with Gasteiger partial charge in [-0.1, -0.05) is 0 Å². The normalized spacial score (nSPS) is 27.9. The zero-order valence-corrected chi connectivity index (χ0v) is 11.9. The summed E-state index contributed by atoms with van der Waals surface area (Å²) in [7, 11) is 0. The molecule has 2 rings (SSSR count). The molecule has 3 atom stereocenters. The highest BCUT2D eigenvalue weighted by Crippen LogP contribution is 2.28. The van der Waals surface area contributed by atoms with E-state index in [9.17, 15) is 5.11 Å². The minimum absolute atomic E-state index is 0.103. The van der Waals surface area contributed by atoms with Crippen LogP contribution in [0.2, 0.25) is 0 Å². The van der Waals surface area contributed by atoms with Crippen LogP contribution in [0.15, 0.2) is 15.9 Å². The van der Waals surface area contributed by atoms with Gasteiger partial charge in [-0.3, -0.25) is 0 Å². The van der Waals surface area contributed by atoms with Gasteiger partial charge in [0.05, 0.1) is 9.89 Å². The first-order chi connectivity index (χ1) is 7.65. The Hall–Kier alpha value is 0.1000. The molecule has 1 fully saturated rings. The van der Waals surface area contributed by atoms with E-state index in [0.717, 1.165) is 19.3 Å². The van der Waals surface area contributed by atoms with Gasteiger partial charge in [0.1, 0.15) is 0 Å². The summed E-state index contributed by atoms with van der Waals surface area (Å²) in [6.07, 6.45) is 4.09. The van der Waals surface area contributed by atoms with E-state index in [1.165, 1.54) is 15.1 Å². The number of thiophene rings is 1. The molecule has 0 amide bonds. The Labute approximate surface area is 109 Å². The fourth-order valence-electron chi connectivity index (χ4n) is 2.31. The largest absolute Gasteiger partial charge is 0.393 e. The minimum Gasteiger partial charge on any atom is -0.393 e. The van der Waals surface area contributed by atoms with Crippen LogP contribution in [0.1, 0.15) is 43.5 Å². The third-order valence-corrected chi connectivity index (χ3v) is 4.96. The van der Waals surface area contributed by atoms with Crippen LogP contribution in [-0.4, -0.2) is 17.3 Å². The number of aliphatic hydroxyl groups is 1. The van der Waals surface area contributed by atoms with Crippen molar-refractivity contribution in [2.24, 2.45) is 0 Å². The van der Waals surface area contributed by atoms with Gasteiger partial charge in [-0.2, -0.15) is 0 Å². The fraction of sp³-hybridized carbons (Fsp3) is 0.667. The van der Waals surface area contributed by atoms with Gasteiger partial charge in [0.25, 0.3) is 0 Å². The van der Waals surface area contributed by atoms with Crippen LogP contribution < -0.4 is 5.32 Å². The van der Waals surface area contributed by atoms with Gasteiger partial charge in [0.15, 0.2) is 0 Å². The van der Waals surface area contributed by atoms with Crippen LogP contribution in [0, 0.1) is 0 Å². The zero-order chi connectivity index (χ0) is 11.5. The Morgan fingerprint density at radius 1 is 1.50 bits per heavy atom. The lowest BCUT2D eigenvalue weighted by atomic mass is 9.92. The van der Waals surface area contributed by atoms with Crippen molar-refractivity contribution in [3.05, 3.63) is 20.8 Å². The van der Waals surface area contributed by atoms with Crippen molar-refractivity contribution in [1.29, 1.82) is 0 Å². The lowest BCUT2D eigenvalue weighted by Gasteiger charge is -2.29. The molecule has 1 aromatic heterocycles.